The first kappa shape index (κ1) is 14.4. The van der Waals surface area contributed by atoms with E-state index in [4.69, 9.17) is 5.73 Å². The lowest BCUT2D eigenvalue weighted by molar-refractivity contribution is -0.384. The molecule has 0 bridgehead atoms. The van der Waals surface area contributed by atoms with Crippen molar-refractivity contribution in [1.29, 1.82) is 0 Å². The third-order valence-corrected chi connectivity index (χ3v) is 3.36. The van der Waals surface area contributed by atoms with E-state index < -0.39 is 11.0 Å². The van der Waals surface area contributed by atoms with Crippen molar-refractivity contribution in [2.75, 3.05) is 0 Å². The van der Waals surface area contributed by atoms with Gasteiger partial charge in [0.25, 0.3) is 5.69 Å². The minimum absolute atomic E-state index is 0. The lowest BCUT2D eigenvalue weighted by Gasteiger charge is -2.11. The Bertz CT molecular complexity index is 545. The molecule has 0 unspecified atom stereocenters. The third-order valence-electron chi connectivity index (χ3n) is 2.41. The quantitative estimate of drug-likeness (QED) is 0.670. The molecule has 7 heteroatoms. The maximum absolute atomic E-state index is 10.7. The van der Waals surface area contributed by atoms with E-state index in [9.17, 15) is 15.2 Å². The summed E-state index contributed by atoms with van der Waals surface area (Å²) in [6, 6.07) is 6.97. The number of aromatic hydroxyl groups is 1. The molecule has 0 radical (unpaired) electrons. The molecule has 2 aromatic rings. The summed E-state index contributed by atoms with van der Waals surface area (Å²) >= 11 is 1.44. The molecule has 96 valence electrons. The first-order valence-electron chi connectivity index (χ1n) is 4.86. The molecule has 1 aromatic carbocycles. The molecule has 0 saturated carbocycles. The van der Waals surface area contributed by atoms with Crippen LogP contribution in [0.1, 0.15) is 16.5 Å². The van der Waals surface area contributed by atoms with Crippen molar-refractivity contribution in [3.05, 3.63) is 56.3 Å². The van der Waals surface area contributed by atoms with Gasteiger partial charge in [0.1, 0.15) is 5.75 Å². The average molecular weight is 287 g/mol. The number of phenolic OH excluding ortho intramolecular Hbond substituents is 1. The summed E-state index contributed by atoms with van der Waals surface area (Å²) in [5, 5.41) is 22.2. The Morgan fingerprint density at radius 1 is 1.39 bits per heavy atom. The van der Waals surface area contributed by atoms with E-state index in [0.29, 0.717) is 5.56 Å². The van der Waals surface area contributed by atoms with Crippen molar-refractivity contribution >= 4 is 29.4 Å². The summed E-state index contributed by atoms with van der Waals surface area (Å²) in [6.07, 6.45) is 0. The standard InChI is InChI=1S/C11H10N2O3S.ClH/c12-11(10-2-1-5-17-10)8-6-7(13(15)16)3-4-9(8)14;/h1-6,11,14H,12H2;1H/t11-;/m1./s1. The van der Waals surface area contributed by atoms with Gasteiger partial charge in [-0.25, -0.2) is 0 Å². The number of hydrogen-bond donors (Lipinski definition) is 2. The second-order valence-electron chi connectivity index (χ2n) is 3.49. The summed E-state index contributed by atoms with van der Waals surface area (Å²) in [5.74, 6) is -0.0310. The number of rotatable bonds is 3. The van der Waals surface area contributed by atoms with Crippen LogP contribution in [0.2, 0.25) is 0 Å². The minimum atomic E-state index is -0.546. The first-order valence-corrected chi connectivity index (χ1v) is 5.74. The van der Waals surface area contributed by atoms with Gasteiger partial charge in [-0.05, 0) is 17.5 Å². The van der Waals surface area contributed by atoms with Crippen LogP contribution in [0.25, 0.3) is 0 Å². The molecule has 0 saturated heterocycles. The van der Waals surface area contributed by atoms with Gasteiger partial charge in [-0.2, -0.15) is 0 Å². The number of nitro benzene ring substituents is 1. The first-order chi connectivity index (χ1) is 8.09. The number of phenols is 1. The van der Waals surface area contributed by atoms with Crippen molar-refractivity contribution in [2.24, 2.45) is 5.73 Å². The average Bonchev–Trinajstić information content (AvgIpc) is 2.81. The Balaban J connectivity index is 0.00000162. The van der Waals surface area contributed by atoms with E-state index >= 15 is 0 Å². The monoisotopic (exact) mass is 286 g/mol. The highest BCUT2D eigenvalue weighted by Gasteiger charge is 2.17. The Hall–Kier alpha value is -1.63. The van der Waals surface area contributed by atoms with Gasteiger partial charge >= 0.3 is 0 Å². The zero-order chi connectivity index (χ0) is 12.4. The molecular weight excluding hydrogens is 276 g/mol. The molecule has 0 aliphatic rings. The maximum atomic E-state index is 10.7. The molecule has 0 spiro atoms. The fraction of sp³-hybridized carbons (Fsp3) is 0.0909. The number of hydrogen-bond acceptors (Lipinski definition) is 5. The van der Waals surface area contributed by atoms with Gasteiger partial charge in [-0.1, -0.05) is 6.07 Å². The van der Waals surface area contributed by atoms with E-state index in [1.165, 1.54) is 29.5 Å². The summed E-state index contributed by atoms with van der Waals surface area (Å²) in [5.41, 5.74) is 6.24. The molecule has 1 aromatic heterocycles. The summed E-state index contributed by atoms with van der Waals surface area (Å²) < 4.78 is 0. The number of nitrogens with two attached hydrogens (primary N) is 1. The summed E-state index contributed by atoms with van der Waals surface area (Å²) in [4.78, 5) is 11.0. The Kier molecular flexibility index (Phi) is 4.66. The van der Waals surface area contributed by atoms with Crippen molar-refractivity contribution in [2.45, 2.75) is 6.04 Å². The third kappa shape index (κ3) is 2.79. The Labute approximate surface area is 113 Å². The highest BCUT2D eigenvalue weighted by Crippen LogP contribution is 2.32. The number of nitro groups is 1. The van der Waals surface area contributed by atoms with Gasteiger partial charge in [0.05, 0.1) is 11.0 Å². The number of nitrogens with zero attached hydrogens (tertiary/aromatic N) is 1. The normalized spacial score (nSPS) is 11.6. The van der Waals surface area contributed by atoms with E-state index in [-0.39, 0.29) is 23.8 Å². The predicted octanol–water partition coefficient (Wildman–Crippen LogP) is 2.83. The van der Waals surface area contributed by atoms with Crippen LogP contribution in [-0.4, -0.2) is 10.0 Å². The highest BCUT2D eigenvalue weighted by molar-refractivity contribution is 7.10. The largest absolute Gasteiger partial charge is 0.508 e. The lowest BCUT2D eigenvalue weighted by Crippen LogP contribution is -2.10. The van der Waals surface area contributed by atoms with Crippen molar-refractivity contribution in [3.8, 4) is 5.75 Å². The fourth-order valence-electron chi connectivity index (χ4n) is 1.53. The van der Waals surface area contributed by atoms with Crippen molar-refractivity contribution in [1.82, 2.24) is 0 Å². The highest BCUT2D eigenvalue weighted by atomic mass is 35.5. The van der Waals surface area contributed by atoms with E-state index in [1.54, 1.807) is 0 Å². The summed E-state index contributed by atoms with van der Waals surface area (Å²) in [7, 11) is 0. The molecule has 1 heterocycles. The predicted molar refractivity (Wildman–Crippen MR) is 72.4 cm³/mol. The molecule has 2 rings (SSSR count). The van der Waals surface area contributed by atoms with Gasteiger partial charge in [-0.15, -0.1) is 23.7 Å². The number of halogens is 1. The van der Waals surface area contributed by atoms with Crippen molar-refractivity contribution in [3.63, 3.8) is 0 Å². The van der Waals surface area contributed by atoms with Gasteiger partial charge in [0.2, 0.25) is 0 Å². The molecule has 0 fully saturated rings. The minimum Gasteiger partial charge on any atom is -0.508 e. The summed E-state index contributed by atoms with van der Waals surface area (Å²) in [6.45, 7) is 0. The zero-order valence-electron chi connectivity index (χ0n) is 9.15. The van der Waals surface area contributed by atoms with Crippen LogP contribution in [0.15, 0.2) is 35.7 Å². The zero-order valence-corrected chi connectivity index (χ0v) is 10.8. The van der Waals surface area contributed by atoms with E-state index in [1.807, 2.05) is 17.5 Å². The topological polar surface area (TPSA) is 89.4 Å². The van der Waals surface area contributed by atoms with Crippen molar-refractivity contribution < 1.29 is 10.0 Å². The van der Waals surface area contributed by atoms with Crippen LogP contribution in [0, 0.1) is 10.1 Å². The van der Waals surface area contributed by atoms with Crippen LogP contribution in [-0.2, 0) is 0 Å². The SMILES string of the molecule is Cl.N[C@@H](c1cccs1)c1cc([N+](=O)[O-])ccc1O. The smallest absolute Gasteiger partial charge is 0.270 e. The fourth-order valence-corrected chi connectivity index (χ4v) is 2.27. The maximum Gasteiger partial charge on any atom is 0.270 e. The van der Waals surface area contributed by atoms with E-state index in [0.717, 1.165) is 4.88 Å². The molecule has 3 N–H and O–H groups in total. The second kappa shape index (κ2) is 5.81. The number of thiophene rings is 1. The number of benzene rings is 1. The second-order valence-corrected chi connectivity index (χ2v) is 4.47. The molecule has 5 nitrogen and oxygen atoms in total. The van der Waals surface area contributed by atoms with Gasteiger partial charge < -0.3 is 10.8 Å². The number of non-ortho nitro benzene ring substituents is 1. The van der Waals surface area contributed by atoms with E-state index in [2.05, 4.69) is 0 Å². The van der Waals surface area contributed by atoms with Crippen LogP contribution >= 0.6 is 23.7 Å². The Morgan fingerprint density at radius 2 is 2.11 bits per heavy atom. The van der Waals surface area contributed by atoms with Gasteiger partial charge in [-0.3, -0.25) is 10.1 Å². The van der Waals surface area contributed by atoms with Gasteiger partial charge in [0, 0.05) is 22.6 Å². The van der Waals surface area contributed by atoms with Crippen LogP contribution in [0.3, 0.4) is 0 Å². The molecule has 0 amide bonds. The molecule has 0 aliphatic heterocycles. The van der Waals surface area contributed by atoms with Crippen LogP contribution in [0.4, 0.5) is 5.69 Å². The lowest BCUT2D eigenvalue weighted by atomic mass is 10.0. The molecule has 0 aliphatic carbocycles. The van der Waals surface area contributed by atoms with Gasteiger partial charge in [0.15, 0.2) is 0 Å². The molecule has 18 heavy (non-hydrogen) atoms. The van der Waals surface area contributed by atoms with Crippen LogP contribution < -0.4 is 5.73 Å². The molecule has 1 atom stereocenters. The molecular formula is C11H11ClN2O3S. The Morgan fingerprint density at radius 3 is 2.67 bits per heavy atom. The van der Waals surface area contributed by atoms with Crippen LogP contribution in [0.5, 0.6) is 5.75 Å².